The smallest absolute Gasteiger partial charge is 0.145 e. The molecular formula is C20H19N5O2S. The van der Waals surface area contributed by atoms with E-state index >= 15 is 0 Å². The van der Waals surface area contributed by atoms with E-state index in [1.165, 1.54) is 6.33 Å². The molecule has 5 rings (SSSR count). The van der Waals surface area contributed by atoms with Crippen molar-refractivity contribution in [2.24, 2.45) is 0 Å². The number of thiazole rings is 1. The van der Waals surface area contributed by atoms with E-state index < -0.39 is 12.2 Å². The molecule has 3 heterocycles. The minimum atomic E-state index is -0.903. The summed E-state index contributed by atoms with van der Waals surface area (Å²) >= 11 is 1.55. The first-order valence-electron chi connectivity index (χ1n) is 9.05. The maximum atomic E-state index is 10.8. The Balaban J connectivity index is 1.50. The Morgan fingerprint density at radius 1 is 1.11 bits per heavy atom. The third-order valence-electron chi connectivity index (χ3n) is 5.59. The van der Waals surface area contributed by atoms with Crippen LogP contribution in [0.5, 0.6) is 0 Å². The van der Waals surface area contributed by atoms with Crippen LogP contribution < -0.4 is 5.73 Å². The predicted octanol–water partition coefficient (Wildman–Crippen LogP) is 2.59. The van der Waals surface area contributed by atoms with Crippen molar-refractivity contribution in [3.63, 3.8) is 0 Å². The molecule has 0 amide bonds. The number of fused-ring (bicyclic) bond motifs is 1. The van der Waals surface area contributed by atoms with Gasteiger partial charge in [0.05, 0.1) is 28.7 Å². The van der Waals surface area contributed by atoms with Gasteiger partial charge in [0.2, 0.25) is 0 Å². The lowest BCUT2D eigenvalue weighted by Crippen LogP contribution is -2.28. The normalized spacial score (nSPS) is 24.8. The number of aromatic nitrogens is 4. The molecular weight excluding hydrogens is 374 g/mol. The van der Waals surface area contributed by atoms with Crippen molar-refractivity contribution in [3.05, 3.63) is 59.3 Å². The molecule has 0 bridgehead atoms. The standard InChI is InChI=1S/C20H19N5O2S/c21-19-13-4-5-25(20(13)23-9-22-19)16-7-14(17(26)18(16)27)11-2-1-3-12(6-11)15-8-28-10-24-15/h1-6,8-10,14,16-18,26-27H,7H2,(H2,21,22,23)/t14-,16-,17-,18+/m1/s1. The predicted molar refractivity (Wildman–Crippen MR) is 108 cm³/mol. The zero-order valence-electron chi connectivity index (χ0n) is 14.9. The average molecular weight is 393 g/mol. The van der Waals surface area contributed by atoms with Crippen LogP contribution in [0, 0.1) is 0 Å². The van der Waals surface area contributed by atoms with Crippen LogP contribution in [0.2, 0.25) is 0 Å². The molecule has 4 N–H and O–H groups in total. The molecule has 1 saturated carbocycles. The number of anilines is 1. The molecule has 0 unspecified atom stereocenters. The second kappa shape index (κ2) is 6.66. The van der Waals surface area contributed by atoms with Gasteiger partial charge in [0.15, 0.2) is 0 Å². The molecule has 1 fully saturated rings. The summed E-state index contributed by atoms with van der Waals surface area (Å²) in [7, 11) is 0. The molecule has 4 atom stereocenters. The quantitative estimate of drug-likeness (QED) is 0.493. The lowest BCUT2D eigenvalue weighted by Gasteiger charge is -2.19. The van der Waals surface area contributed by atoms with Crippen LogP contribution in [0.3, 0.4) is 0 Å². The molecule has 0 radical (unpaired) electrons. The van der Waals surface area contributed by atoms with E-state index in [0.717, 1.165) is 22.2 Å². The Hall–Kier alpha value is -2.81. The average Bonchev–Trinajstić information content (AvgIpc) is 3.44. The SMILES string of the molecule is Nc1ncnc2c1ccn2[C@@H]1C[C@H](c2cccc(-c3cscn3)c2)[C@@H](O)[C@H]1O. The Labute approximate surface area is 165 Å². The van der Waals surface area contributed by atoms with Crippen molar-refractivity contribution in [2.45, 2.75) is 30.6 Å². The van der Waals surface area contributed by atoms with E-state index in [1.54, 1.807) is 16.8 Å². The van der Waals surface area contributed by atoms with Crippen molar-refractivity contribution in [3.8, 4) is 11.3 Å². The highest BCUT2D eigenvalue weighted by molar-refractivity contribution is 7.07. The van der Waals surface area contributed by atoms with Gasteiger partial charge in [-0.2, -0.15) is 0 Å². The van der Waals surface area contributed by atoms with Gasteiger partial charge < -0.3 is 20.5 Å². The fourth-order valence-electron chi connectivity index (χ4n) is 4.16. The summed E-state index contributed by atoms with van der Waals surface area (Å²) in [5.41, 5.74) is 11.3. The topological polar surface area (TPSA) is 110 Å². The summed E-state index contributed by atoms with van der Waals surface area (Å²) in [5.74, 6) is 0.222. The molecule has 1 aliphatic rings. The van der Waals surface area contributed by atoms with Crippen LogP contribution in [0.15, 0.2) is 53.7 Å². The van der Waals surface area contributed by atoms with Crippen molar-refractivity contribution in [1.82, 2.24) is 19.5 Å². The summed E-state index contributed by atoms with van der Waals surface area (Å²) in [5, 5.41) is 24.3. The van der Waals surface area contributed by atoms with Crippen LogP contribution in [-0.4, -0.2) is 41.9 Å². The van der Waals surface area contributed by atoms with E-state index in [2.05, 4.69) is 15.0 Å². The highest BCUT2D eigenvalue weighted by Gasteiger charge is 2.43. The summed E-state index contributed by atoms with van der Waals surface area (Å²) < 4.78 is 1.89. The van der Waals surface area contributed by atoms with Gasteiger partial charge in [-0.15, -0.1) is 11.3 Å². The van der Waals surface area contributed by atoms with E-state index in [4.69, 9.17) is 5.73 Å². The molecule has 0 spiro atoms. The van der Waals surface area contributed by atoms with Crippen molar-refractivity contribution in [1.29, 1.82) is 0 Å². The molecule has 142 valence electrons. The Morgan fingerprint density at radius 2 is 2.00 bits per heavy atom. The highest BCUT2D eigenvalue weighted by Crippen LogP contribution is 2.43. The number of benzene rings is 1. The largest absolute Gasteiger partial charge is 0.390 e. The molecule has 8 heteroatoms. The Kier molecular flexibility index (Phi) is 4.12. The zero-order chi connectivity index (χ0) is 19.3. The number of rotatable bonds is 3. The number of aliphatic hydroxyl groups excluding tert-OH is 2. The highest BCUT2D eigenvalue weighted by atomic mass is 32.1. The van der Waals surface area contributed by atoms with Crippen LogP contribution >= 0.6 is 11.3 Å². The molecule has 3 aromatic heterocycles. The van der Waals surface area contributed by atoms with Crippen LogP contribution in [-0.2, 0) is 0 Å². The number of nitrogen functional groups attached to an aromatic ring is 1. The van der Waals surface area contributed by atoms with Crippen LogP contribution in [0.1, 0.15) is 23.9 Å². The number of aliphatic hydroxyl groups is 2. The number of hydrogen-bond donors (Lipinski definition) is 3. The fourth-order valence-corrected chi connectivity index (χ4v) is 4.72. The third-order valence-corrected chi connectivity index (χ3v) is 6.18. The first kappa shape index (κ1) is 17.3. The van der Waals surface area contributed by atoms with Crippen LogP contribution in [0.4, 0.5) is 5.82 Å². The van der Waals surface area contributed by atoms with Gasteiger partial charge in [0.1, 0.15) is 23.9 Å². The molecule has 1 aromatic carbocycles. The van der Waals surface area contributed by atoms with Crippen molar-refractivity contribution < 1.29 is 10.2 Å². The molecule has 0 aliphatic heterocycles. The monoisotopic (exact) mass is 393 g/mol. The number of nitrogens with zero attached hydrogens (tertiary/aromatic N) is 4. The maximum Gasteiger partial charge on any atom is 0.145 e. The van der Waals surface area contributed by atoms with Gasteiger partial charge in [-0.05, 0) is 24.1 Å². The fraction of sp³-hybridized carbons (Fsp3) is 0.250. The van der Waals surface area contributed by atoms with Gasteiger partial charge in [-0.1, -0.05) is 18.2 Å². The molecule has 1 aliphatic carbocycles. The van der Waals surface area contributed by atoms with Gasteiger partial charge in [0.25, 0.3) is 0 Å². The Bertz CT molecular complexity index is 1130. The van der Waals surface area contributed by atoms with E-state index in [-0.39, 0.29) is 12.0 Å². The minimum absolute atomic E-state index is 0.185. The van der Waals surface area contributed by atoms with Gasteiger partial charge in [-0.3, -0.25) is 0 Å². The van der Waals surface area contributed by atoms with Crippen LogP contribution in [0.25, 0.3) is 22.3 Å². The van der Waals surface area contributed by atoms with E-state index in [0.29, 0.717) is 17.9 Å². The lowest BCUT2D eigenvalue weighted by molar-refractivity contribution is 0.0179. The van der Waals surface area contributed by atoms with E-state index in [1.807, 2.05) is 46.5 Å². The summed E-state index contributed by atoms with van der Waals surface area (Å²) in [6.45, 7) is 0. The number of nitrogens with two attached hydrogens (primary N) is 1. The maximum absolute atomic E-state index is 10.8. The zero-order valence-corrected chi connectivity index (χ0v) is 15.7. The van der Waals surface area contributed by atoms with E-state index in [9.17, 15) is 10.2 Å². The first-order chi connectivity index (χ1) is 13.6. The van der Waals surface area contributed by atoms with Crippen molar-refractivity contribution >= 4 is 28.2 Å². The second-order valence-corrected chi connectivity index (χ2v) is 7.83. The molecule has 0 saturated heterocycles. The summed E-state index contributed by atoms with van der Waals surface area (Å²) in [6.07, 6.45) is 2.09. The molecule has 4 aromatic rings. The Morgan fingerprint density at radius 3 is 2.82 bits per heavy atom. The van der Waals surface area contributed by atoms with Gasteiger partial charge in [-0.25, -0.2) is 15.0 Å². The van der Waals surface area contributed by atoms with Gasteiger partial charge >= 0.3 is 0 Å². The summed E-state index contributed by atoms with van der Waals surface area (Å²) in [4.78, 5) is 12.7. The first-order valence-corrected chi connectivity index (χ1v) is 9.99. The number of hydrogen-bond acceptors (Lipinski definition) is 7. The minimum Gasteiger partial charge on any atom is -0.390 e. The lowest BCUT2D eigenvalue weighted by atomic mass is 9.93. The third kappa shape index (κ3) is 2.69. The van der Waals surface area contributed by atoms with Crippen molar-refractivity contribution in [2.75, 3.05) is 5.73 Å². The molecule has 7 nitrogen and oxygen atoms in total. The second-order valence-electron chi connectivity index (χ2n) is 7.11. The summed E-state index contributed by atoms with van der Waals surface area (Å²) in [6, 6.07) is 9.57. The molecule has 28 heavy (non-hydrogen) atoms. The van der Waals surface area contributed by atoms with Gasteiger partial charge in [0, 0.05) is 23.1 Å².